The summed E-state index contributed by atoms with van der Waals surface area (Å²) in [6.07, 6.45) is 0. The van der Waals surface area contributed by atoms with Gasteiger partial charge in [-0.1, -0.05) is 103 Å². The minimum absolute atomic E-state index is 0.288. The molecule has 0 aromatic heterocycles. The van der Waals surface area contributed by atoms with Gasteiger partial charge in [0, 0.05) is 31.2 Å². The van der Waals surface area contributed by atoms with Gasteiger partial charge in [-0.15, -0.1) is 0 Å². The standard InChI is InChI=1S/C31H30N4O3S/c1-35(21-22-12-5-2-6-13-22)30(37)28(25-18-11-19-26(20-25)33-31(38)39-32)34-29(36)27(23-14-7-3-8-15-23)24-16-9-4-10-17-24/h2-20,27-28H,21,32H2,1H3,(H,33,38)(H,34,36). The Balaban J connectivity index is 1.69. The fraction of sp³-hybridized carbons (Fsp3) is 0.129. The Morgan fingerprint density at radius 2 is 1.31 bits per heavy atom. The number of carbonyl (C=O) groups excluding carboxylic acids is 3. The van der Waals surface area contributed by atoms with E-state index in [0.717, 1.165) is 16.7 Å². The van der Waals surface area contributed by atoms with Crippen LogP contribution in [-0.2, 0) is 16.1 Å². The third-order valence-corrected chi connectivity index (χ3v) is 6.59. The second kappa shape index (κ2) is 13.4. The van der Waals surface area contributed by atoms with E-state index < -0.39 is 17.2 Å². The summed E-state index contributed by atoms with van der Waals surface area (Å²) in [5.41, 5.74) is 3.59. The molecule has 4 aromatic carbocycles. The Bertz CT molecular complexity index is 1360. The molecule has 0 aliphatic rings. The third kappa shape index (κ3) is 7.34. The van der Waals surface area contributed by atoms with Crippen molar-refractivity contribution in [3.05, 3.63) is 138 Å². The number of hydrogen-bond acceptors (Lipinski definition) is 5. The summed E-state index contributed by atoms with van der Waals surface area (Å²) in [5.74, 6) is -1.23. The van der Waals surface area contributed by atoms with Gasteiger partial charge in [-0.3, -0.25) is 19.5 Å². The normalized spacial score (nSPS) is 11.5. The topological polar surface area (TPSA) is 105 Å². The number of nitrogens with one attached hydrogen (secondary N) is 2. The van der Waals surface area contributed by atoms with Crippen LogP contribution in [-0.4, -0.2) is 29.0 Å². The van der Waals surface area contributed by atoms with E-state index in [-0.39, 0.29) is 11.8 Å². The van der Waals surface area contributed by atoms with E-state index in [1.54, 1.807) is 36.2 Å². The van der Waals surface area contributed by atoms with E-state index in [1.807, 2.05) is 91.0 Å². The summed E-state index contributed by atoms with van der Waals surface area (Å²) in [7, 11) is 1.71. The molecule has 8 heteroatoms. The Hall–Kier alpha value is -4.40. The van der Waals surface area contributed by atoms with Crippen molar-refractivity contribution in [2.24, 2.45) is 5.14 Å². The van der Waals surface area contributed by atoms with E-state index in [4.69, 9.17) is 5.14 Å². The number of amides is 3. The molecule has 7 nitrogen and oxygen atoms in total. The van der Waals surface area contributed by atoms with Crippen molar-refractivity contribution < 1.29 is 14.4 Å². The summed E-state index contributed by atoms with van der Waals surface area (Å²) in [6.45, 7) is 0.368. The van der Waals surface area contributed by atoms with E-state index in [2.05, 4.69) is 10.6 Å². The summed E-state index contributed by atoms with van der Waals surface area (Å²) < 4.78 is 0. The number of benzene rings is 4. The van der Waals surface area contributed by atoms with Crippen LogP contribution in [0, 0.1) is 0 Å². The van der Waals surface area contributed by atoms with Crippen LogP contribution in [0.1, 0.15) is 34.2 Å². The average Bonchev–Trinajstić information content (AvgIpc) is 2.97. The highest BCUT2D eigenvalue weighted by Crippen LogP contribution is 2.28. The van der Waals surface area contributed by atoms with Crippen LogP contribution in [0.25, 0.3) is 0 Å². The SMILES string of the molecule is CN(Cc1ccccc1)C(=O)C(NC(=O)C(c1ccccc1)c1ccccc1)c1cccc(NC(=O)SN)c1. The second-order valence-corrected chi connectivity index (χ2v) is 9.64. The molecule has 0 aliphatic carbocycles. The predicted octanol–water partition coefficient (Wildman–Crippen LogP) is 5.47. The van der Waals surface area contributed by atoms with Crippen LogP contribution in [0.15, 0.2) is 115 Å². The number of hydrogen-bond donors (Lipinski definition) is 3. The van der Waals surface area contributed by atoms with Crippen molar-refractivity contribution in [1.82, 2.24) is 10.2 Å². The average molecular weight is 539 g/mol. The maximum atomic E-state index is 14.0. The molecule has 0 heterocycles. The Kier molecular flexibility index (Phi) is 9.50. The maximum absolute atomic E-state index is 14.0. The molecule has 39 heavy (non-hydrogen) atoms. The highest BCUT2D eigenvalue weighted by molar-refractivity contribution is 8.11. The molecule has 3 amide bonds. The molecular formula is C31H30N4O3S. The van der Waals surface area contributed by atoms with Gasteiger partial charge in [0.2, 0.25) is 11.8 Å². The fourth-order valence-corrected chi connectivity index (χ4v) is 4.58. The molecule has 0 saturated heterocycles. The van der Waals surface area contributed by atoms with Gasteiger partial charge in [-0.2, -0.15) is 0 Å². The first-order chi connectivity index (χ1) is 19.0. The summed E-state index contributed by atoms with van der Waals surface area (Å²) >= 11 is 0.561. The Morgan fingerprint density at radius 3 is 1.87 bits per heavy atom. The van der Waals surface area contributed by atoms with Crippen LogP contribution in [0.3, 0.4) is 0 Å². The zero-order chi connectivity index (χ0) is 27.6. The first-order valence-corrected chi connectivity index (χ1v) is 13.3. The number of nitrogens with two attached hydrogens (primary N) is 1. The summed E-state index contributed by atoms with van der Waals surface area (Å²) in [5, 5.41) is 10.6. The van der Waals surface area contributed by atoms with Crippen LogP contribution < -0.4 is 15.8 Å². The predicted molar refractivity (Wildman–Crippen MR) is 156 cm³/mol. The molecule has 4 rings (SSSR count). The molecule has 4 aromatic rings. The van der Waals surface area contributed by atoms with Crippen molar-refractivity contribution in [2.75, 3.05) is 12.4 Å². The number of likely N-dealkylation sites (N-methyl/N-ethyl adjacent to an activating group) is 1. The van der Waals surface area contributed by atoms with E-state index in [1.165, 1.54) is 0 Å². The lowest BCUT2D eigenvalue weighted by atomic mass is 9.90. The monoisotopic (exact) mass is 538 g/mol. The number of rotatable bonds is 9. The first kappa shape index (κ1) is 27.6. The molecule has 0 aliphatic heterocycles. The molecular weight excluding hydrogens is 508 g/mol. The first-order valence-electron chi connectivity index (χ1n) is 12.4. The quantitative estimate of drug-likeness (QED) is 0.245. The maximum Gasteiger partial charge on any atom is 0.298 e. The van der Waals surface area contributed by atoms with Gasteiger partial charge in [0.1, 0.15) is 6.04 Å². The third-order valence-electron chi connectivity index (χ3n) is 6.27. The minimum atomic E-state index is -0.997. The molecule has 0 spiro atoms. The van der Waals surface area contributed by atoms with E-state index in [9.17, 15) is 14.4 Å². The molecule has 0 fully saturated rings. The molecule has 4 N–H and O–H groups in total. The highest BCUT2D eigenvalue weighted by atomic mass is 32.2. The minimum Gasteiger partial charge on any atom is -0.340 e. The summed E-state index contributed by atoms with van der Waals surface area (Å²) in [4.78, 5) is 41.3. The van der Waals surface area contributed by atoms with Gasteiger partial charge in [-0.25, -0.2) is 0 Å². The van der Waals surface area contributed by atoms with Crippen LogP contribution in [0.2, 0.25) is 0 Å². The van der Waals surface area contributed by atoms with Gasteiger partial charge in [0.05, 0.1) is 5.92 Å². The van der Waals surface area contributed by atoms with E-state index >= 15 is 0 Å². The summed E-state index contributed by atoms with van der Waals surface area (Å²) in [6, 6.07) is 34.4. The lowest BCUT2D eigenvalue weighted by molar-refractivity contribution is -0.136. The molecule has 1 atom stereocenters. The van der Waals surface area contributed by atoms with Crippen LogP contribution >= 0.6 is 11.9 Å². The molecule has 0 bridgehead atoms. The second-order valence-electron chi connectivity index (χ2n) is 9.03. The van der Waals surface area contributed by atoms with Crippen molar-refractivity contribution in [2.45, 2.75) is 18.5 Å². The van der Waals surface area contributed by atoms with Crippen molar-refractivity contribution in [1.29, 1.82) is 0 Å². The van der Waals surface area contributed by atoms with Gasteiger partial charge in [-0.05, 0) is 34.4 Å². The van der Waals surface area contributed by atoms with Gasteiger partial charge in [0.15, 0.2) is 0 Å². The van der Waals surface area contributed by atoms with E-state index in [0.29, 0.717) is 29.7 Å². The van der Waals surface area contributed by atoms with Crippen LogP contribution in [0.4, 0.5) is 10.5 Å². The van der Waals surface area contributed by atoms with Crippen LogP contribution in [0.5, 0.6) is 0 Å². The number of carbonyl (C=O) groups is 3. The van der Waals surface area contributed by atoms with Crippen molar-refractivity contribution in [3.63, 3.8) is 0 Å². The van der Waals surface area contributed by atoms with Crippen molar-refractivity contribution >= 4 is 34.7 Å². The van der Waals surface area contributed by atoms with Gasteiger partial charge >= 0.3 is 0 Å². The largest absolute Gasteiger partial charge is 0.340 e. The zero-order valence-electron chi connectivity index (χ0n) is 21.5. The fourth-order valence-electron chi connectivity index (χ4n) is 4.40. The Labute approximate surface area is 232 Å². The Morgan fingerprint density at radius 1 is 0.769 bits per heavy atom. The lowest BCUT2D eigenvalue weighted by Crippen LogP contribution is -2.43. The van der Waals surface area contributed by atoms with Crippen molar-refractivity contribution in [3.8, 4) is 0 Å². The smallest absolute Gasteiger partial charge is 0.298 e. The lowest BCUT2D eigenvalue weighted by Gasteiger charge is -2.27. The molecule has 0 saturated carbocycles. The van der Waals surface area contributed by atoms with Gasteiger partial charge < -0.3 is 15.5 Å². The molecule has 198 valence electrons. The van der Waals surface area contributed by atoms with Gasteiger partial charge in [0.25, 0.3) is 5.24 Å². The number of nitrogens with zero attached hydrogens (tertiary/aromatic N) is 1. The number of anilines is 1. The molecule has 0 radical (unpaired) electrons. The zero-order valence-corrected chi connectivity index (χ0v) is 22.3. The molecule has 1 unspecified atom stereocenters. The highest BCUT2D eigenvalue weighted by Gasteiger charge is 2.30.